The molecule has 2 heterocycles. The van der Waals surface area contributed by atoms with Crippen LogP contribution in [0.4, 0.5) is 0 Å². The lowest BCUT2D eigenvalue weighted by molar-refractivity contribution is 0.0655. The maximum Gasteiger partial charge on any atom is 0.212 e. The molecule has 0 radical (unpaired) electrons. The monoisotopic (exact) mass is 324 g/mol. The van der Waals surface area contributed by atoms with Crippen molar-refractivity contribution >= 4 is 10.0 Å². The highest BCUT2D eigenvalue weighted by Gasteiger charge is 2.35. The highest BCUT2D eigenvalue weighted by molar-refractivity contribution is 7.89. The molecule has 122 valence electrons. The van der Waals surface area contributed by atoms with Crippen LogP contribution in [0.1, 0.15) is 43.7 Å². The number of hydrogen-bond acceptors (Lipinski definition) is 4. The van der Waals surface area contributed by atoms with Gasteiger partial charge in [0.05, 0.1) is 11.8 Å². The van der Waals surface area contributed by atoms with E-state index in [2.05, 4.69) is 9.71 Å². The summed E-state index contributed by atoms with van der Waals surface area (Å²) >= 11 is 0. The third-order valence-corrected chi connectivity index (χ3v) is 5.97. The smallest absolute Gasteiger partial charge is 0.212 e. The van der Waals surface area contributed by atoms with E-state index < -0.39 is 10.0 Å². The van der Waals surface area contributed by atoms with E-state index in [1.807, 2.05) is 12.1 Å². The predicted octanol–water partition coefficient (Wildman–Crippen LogP) is 2.27. The lowest BCUT2D eigenvalue weighted by atomic mass is 9.98. The second kappa shape index (κ2) is 7.06. The number of hydrogen-bond donors (Lipinski definition) is 1. The van der Waals surface area contributed by atoms with Crippen molar-refractivity contribution in [3.05, 3.63) is 30.1 Å². The van der Waals surface area contributed by atoms with Crippen LogP contribution >= 0.6 is 0 Å². The summed E-state index contributed by atoms with van der Waals surface area (Å²) in [5.41, 5.74) is 0.972. The fraction of sp³-hybridized carbons (Fsp3) is 0.688. The molecule has 22 heavy (non-hydrogen) atoms. The molecule has 0 amide bonds. The average molecular weight is 324 g/mol. The Morgan fingerprint density at radius 1 is 1.27 bits per heavy atom. The molecule has 5 nitrogen and oxygen atoms in total. The predicted molar refractivity (Wildman–Crippen MR) is 84.8 cm³/mol. The summed E-state index contributed by atoms with van der Waals surface area (Å²) in [4.78, 5) is 4.12. The van der Waals surface area contributed by atoms with Crippen molar-refractivity contribution in [3.63, 3.8) is 0 Å². The summed E-state index contributed by atoms with van der Waals surface area (Å²) in [5.74, 6) is 1.10. The van der Waals surface area contributed by atoms with Crippen molar-refractivity contribution in [2.24, 2.45) is 11.8 Å². The highest BCUT2D eigenvalue weighted by atomic mass is 32.2. The summed E-state index contributed by atoms with van der Waals surface area (Å²) in [6.07, 6.45) is 8.33. The molecule has 0 bridgehead atoms. The molecule has 0 aromatic carbocycles. The Bertz CT molecular complexity index is 566. The van der Waals surface area contributed by atoms with Crippen molar-refractivity contribution in [3.8, 4) is 0 Å². The van der Waals surface area contributed by atoms with Crippen molar-refractivity contribution in [1.82, 2.24) is 9.71 Å². The van der Waals surface area contributed by atoms with Crippen molar-refractivity contribution in [2.45, 2.75) is 38.1 Å². The van der Waals surface area contributed by atoms with E-state index in [9.17, 15) is 8.42 Å². The summed E-state index contributed by atoms with van der Waals surface area (Å²) in [5, 5.41) is 0. The summed E-state index contributed by atoms with van der Waals surface area (Å²) in [6, 6.07) is 3.70. The lowest BCUT2D eigenvalue weighted by Gasteiger charge is -2.23. The van der Waals surface area contributed by atoms with E-state index in [1.54, 1.807) is 12.4 Å². The van der Waals surface area contributed by atoms with Gasteiger partial charge in [-0.25, -0.2) is 13.1 Å². The highest BCUT2D eigenvalue weighted by Crippen LogP contribution is 2.41. The van der Waals surface area contributed by atoms with Crippen molar-refractivity contribution in [2.75, 3.05) is 19.0 Å². The fourth-order valence-corrected chi connectivity index (χ4v) is 4.51. The van der Waals surface area contributed by atoms with Gasteiger partial charge in [-0.15, -0.1) is 0 Å². The standard InChI is InChI=1S/C16H24N2O3S/c19-22(20,11-7-13-5-9-21-10-6-13)18-16(14-3-4-14)15-2-1-8-17-12-15/h1-2,8,12-14,16,18H,3-7,9-11H2/t16-/m0/s1. The first kappa shape index (κ1) is 15.9. The Morgan fingerprint density at radius 3 is 2.68 bits per heavy atom. The topological polar surface area (TPSA) is 68.3 Å². The Hall–Kier alpha value is -0.980. The number of sulfonamides is 1. The first-order valence-electron chi connectivity index (χ1n) is 8.12. The molecule has 1 N–H and O–H groups in total. The third kappa shape index (κ3) is 4.51. The minimum atomic E-state index is -3.25. The zero-order chi connectivity index (χ0) is 15.4. The normalized spacial score (nSPS) is 21.6. The van der Waals surface area contributed by atoms with Crippen LogP contribution in [-0.4, -0.2) is 32.4 Å². The summed E-state index contributed by atoms with van der Waals surface area (Å²) in [6.45, 7) is 1.52. The van der Waals surface area contributed by atoms with Crippen LogP contribution < -0.4 is 4.72 Å². The Balaban J connectivity index is 1.59. The van der Waals surface area contributed by atoms with Crippen LogP contribution in [0.3, 0.4) is 0 Å². The van der Waals surface area contributed by atoms with Crippen LogP contribution in [0.2, 0.25) is 0 Å². The van der Waals surface area contributed by atoms with Gasteiger partial charge >= 0.3 is 0 Å². The average Bonchev–Trinajstić information content (AvgIpc) is 3.38. The minimum Gasteiger partial charge on any atom is -0.381 e. The molecule has 2 aliphatic rings. The molecule has 6 heteroatoms. The molecule has 1 aromatic rings. The van der Waals surface area contributed by atoms with Gasteiger partial charge in [-0.2, -0.15) is 0 Å². The van der Waals surface area contributed by atoms with E-state index in [4.69, 9.17) is 4.74 Å². The molecular weight excluding hydrogens is 300 g/mol. The van der Waals surface area contributed by atoms with Crippen molar-refractivity contribution in [1.29, 1.82) is 0 Å². The van der Waals surface area contributed by atoms with E-state index in [0.29, 0.717) is 11.8 Å². The zero-order valence-electron chi connectivity index (χ0n) is 12.8. The summed E-state index contributed by atoms with van der Waals surface area (Å²) in [7, 11) is -3.25. The molecule has 1 aliphatic carbocycles. The van der Waals surface area contributed by atoms with E-state index in [-0.39, 0.29) is 11.8 Å². The van der Waals surface area contributed by atoms with E-state index in [0.717, 1.165) is 50.9 Å². The largest absolute Gasteiger partial charge is 0.381 e. The molecule has 1 atom stereocenters. The van der Waals surface area contributed by atoms with E-state index >= 15 is 0 Å². The van der Waals surface area contributed by atoms with Crippen molar-refractivity contribution < 1.29 is 13.2 Å². The number of rotatable bonds is 7. The van der Waals surface area contributed by atoms with Gasteiger partial charge in [-0.1, -0.05) is 6.07 Å². The Morgan fingerprint density at radius 2 is 2.05 bits per heavy atom. The van der Waals surface area contributed by atoms with Crippen LogP contribution in [0.15, 0.2) is 24.5 Å². The van der Waals surface area contributed by atoms with Crippen LogP contribution in [-0.2, 0) is 14.8 Å². The first-order chi connectivity index (χ1) is 10.6. The van der Waals surface area contributed by atoms with Gasteiger partial charge in [0, 0.05) is 25.6 Å². The molecule has 0 spiro atoms. The van der Waals surface area contributed by atoms with E-state index in [1.165, 1.54) is 0 Å². The second-order valence-corrected chi connectivity index (χ2v) is 8.26. The first-order valence-corrected chi connectivity index (χ1v) is 9.77. The zero-order valence-corrected chi connectivity index (χ0v) is 13.6. The number of ether oxygens (including phenoxy) is 1. The molecule has 3 rings (SSSR count). The molecule has 0 unspecified atom stereocenters. The molecule has 1 aromatic heterocycles. The van der Waals surface area contributed by atoms with Gasteiger partial charge in [0.25, 0.3) is 0 Å². The Labute approximate surface area is 132 Å². The van der Waals surface area contributed by atoms with Gasteiger partial charge < -0.3 is 4.74 Å². The maximum absolute atomic E-state index is 12.4. The maximum atomic E-state index is 12.4. The molecule has 1 saturated heterocycles. The van der Waals surface area contributed by atoms with Gasteiger partial charge in [-0.05, 0) is 55.6 Å². The third-order valence-electron chi connectivity index (χ3n) is 4.58. The molecule has 1 aliphatic heterocycles. The van der Waals surface area contributed by atoms with Gasteiger partial charge in [0.2, 0.25) is 10.0 Å². The van der Waals surface area contributed by atoms with Crippen LogP contribution in [0.25, 0.3) is 0 Å². The Kier molecular flexibility index (Phi) is 5.10. The van der Waals surface area contributed by atoms with Gasteiger partial charge in [0.15, 0.2) is 0 Å². The number of nitrogens with zero attached hydrogens (tertiary/aromatic N) is 1. The fourth-order valence-electron chi connectivity index (χ4n) is 3.04. The SMILES string of the molecule is O=S(=O)(CCC1CCOCC1)N[C@H](c1cccnc1)C1CC1. The number of pyridine rings is 1. The van der Waals surface area contributed by atoms with Gasteiger partial charge in [0.1, 0.15) is 0 Å². The summed E-state index contributed by atoms with van der Waals surface area (Å²) < 4.78 is 33.1. The molecule has 1 saturated carbocycles. The molecular formula is C16H24N2O3S. The second-order valence-electron chi connectivity index (χ2n) is 6.38. The van der Waals surface area contributed by atoms with Crippen LogP contribution in [0, 0.1) is 11.8 Å². The quantitative estimate of drug-likeness (QED) is 0.835. The van der Waals surface area contributed by atoms with Gasteiger partial charge in [-0.3, -0.25) is 4.98 Å². The lowest BCUT2D eigenvalue weighted by Crippen LogP contribution is -2.33. The van der Waals surface area contributed by atoms with Crippen LogP contribution in [0.5, 0.6) is 0 Å². The minimum absolute atomic E-state index is 0.117. The molecule has 2 fully saturated rings. The number of nitrogens with one attached hydrogen (secondary N) is 1. The number of aromatic nitrogens is 1.